The van der Waals surface area contributed by atoms with Gasteiger partial charge in [0.15, 0.2) is 0 Å². The van der Waals surface area contributed by atoms with Crippen LogP contribution < -0.4 is 5.32 Å². The maximum atomic E-state index is 13.2. The Morgan fingerprint density at radius 2 is 2.05 bits per heavy atom. The number of aryl methyl sites for hydroxylation is 1. The van der Waals surface area contributed by atoms with Crippen LogP contribution in [0.25, 0.3) is 0 Å². The molecule has 0 amide bonds. The van der Waals surface area contributed by atoms with Crippen molar-refractivity contribution in [2.75, 3.05) is 11.9 Å². The normalized spacial score (nSPS) is 17.6. The molecule has 1 N–H and O–H groups in total. The van der Waals surface area contributed by atoms with Crippen LogP contribution in [-0.4, -0.2) is 6.54 Å². The minimum atomic E-state index is -0.224. The van der Waals surface area contributed by atoms with E-state index in [0.29, 0.717) is 10.4 Å². The monoisotopic (exact) mass is 333 g/mol. The zero-order valence-electron chi connectivity index (χ0n) is 11.2. The highest BCUT2D eigenvalue weighted by Gasteiger charge is 2.19. The third-order valence-electron chi connectivity index (χ3n) is 3.97. The van der Waals surface area contributed by atoms with Crippen molar-refractivity contribution in [3.05, 3.63) is 63.9 Å². The molecule has 3 heteroatoms. The Kier molecular flexibility index (Phi) is 4.06. The fraction of sp³-hybridized carbons (Fsp3) is 0.294. The van der Waals surface area contributed by atoms with Gasteiger partial charge in [0.1, 0.15) is 5.82 Å². The van der Waals surface area contributed by atoms with Crippen LogP contribution in [0.3, 0.4) is 0 Å². The molecular formula is C17H17BrFN. The lowest BCUT2D eigenvalue weighted by atomic mass is 9.83. The SMILES string of the molecule is Fc1ccc(NCC2CCCc3ccccc32)cc1Br. The molecule has 2 aromatic carbocycles. The Morgan fingerprint density at radius 1 is 1.20 bits per heavy atom. The Bertz CT molecular complexity index is 612. The predicted octanol–water partition coefficient (Wildman–Crippen LogP) is 5.12. The smallest absolute Gasteiger partial charge is 0.137 e. The van der Waals surface area contributed by atoms with Crippen molar-refractivity contribution in [3.8, 4) is 0 Å². The van der Waals surface area contributed by atoms with Gasteiger partial charge in [-0.15, -0.1) is 0 Å². The first-order chi connectivity index (χ1) is 9.74. The van der Waals surface area contributed by atoms with Gasteiger partial charge in [0, 0.05) is 18.2 Å². The van der Waals surface area contributed by atoms with Gasteiger partial charge in [-0.05, 0) is 64.5 Å². The summed E-state index contributed by atoms with van der Waals surface area (Å²) >= 11 is 3.22. The average molecular weight is 334 g/mol. The lowest BCUT2D eigenvalue weighted by Gasteiger charge is -2.26. The second-order valence-electron chi connectivity index (χ2n) is 5.30. The highest BCUT2D eigenvalue weighted by molar-refractivity contribution is 9.10. The number of rotatable bonds is 3. The zero-order valence-corrected chi connectivity index (χ0v) is 12.8. The number of fused-ring (bicyclic) bond motifs is 1. The molecule has 1 nitrogen and oxygen atoms in total. The van der Waals surface area contributed by atoms with E-state index in [1.807, 2.05) is 0 Å². The first-order valence-electron chi connectivity index (χ1n) is 7.01. The molecule has 0 saturated heterocycles. The average Bonchev–Trinajstić information content (AvgIpc) is 2.48. The molecule has 0 fully saturated rings. The summed E-state index contributed by atoms with van der Waals surface area (Å²) in [4.78, 5) is 0. The van der Waals surface area contributed by atoms with E-state index in [1.165, 1.54) is 36.5 Å². The minimum Gasteiger partial charge on any atom is -0.384 e. The van der Waals surface area contributed by atoms with Gasteiger partial charge < -0.3 is 5.32 Å². The number of hydrogen-bond acceptors (Lipinski definition) is 1. The third-order valence-corrected chi connectivity index (χ3v) is 4.57. The van der Waals surface area contributed by atoms with Gasteiger partial charge in [-0.3, -0.25) is 0 Å². The van der Waals surface area contributed by atoms with Gasteiger partial charge in [-0.1, -0.05) is 24.3 Å². The summed E-state index contributed by atoms with van der Waals surface area (Å²) in [6.07, 6.45) is 3.65. The van der Waals surface area contributed by atoms with Crippen LogP contribution in [0, 0.1) is 5.82 Å². The summed E-state index contributed by atoms with van der Waals surface area (Å²) in [6.45, 7) is 0.898. The number of nitrogens with one attached hydrogen (secondary N) is 1. The molecule has 1 aliphatic carbocycles. The van der Waals surface area contributed by atoms with E-state index in [4.69, 9.17) is 0 Å². The molecule has 0 spiro atoms. The van der Waals surface area contributed by atoms with E-state index in [0.717, 1.165) is 12.2 Å². The third kappa shape index (κ3) is 2.88. The molecule has 3 rings (SSSR count). The van der Waals surface area contributed by atoms with Crippen molar-refractivity contribution in [2.45, 2.75) is 25.2 Å². The van der Waals surface area contributed by atoms with Gasteiger partial charge in [0.05, 0.1) is 4.47 Å². The Labute approximate surface area is 127 Å². The number of hydrogen-bond donors (Lipinski definition) is 1. The van der Waals surface area contributed by atoms with E-state index in [2.05, 4.69) is 45.5 Å². The summed E-state index contributed by atoms with van der Waals surface area (Å²) in [7, 11) is 0. The lowest BCUT2D eigenvalue weighted by Crippen LogP contribution is -2.18. The highest BCUT2D eigenvalue weighted by Crippen LogP contribution is 2.31. The molecule has 0 aromatic heterocycles. The van der Waals surface area contributed by atoms with Crippen molar-refractivity contribution < 1.29 is 4.39 Å². The van der Waals surface area contributed by atoms with Crippen molar-refractivity contribution in [3.63, 3.8) is 0 Å². The first kappa shape index (κ1) is 13.6. The Morgan fingerprint density at radius 3 is 2.90 bits per heavy atom. The Balaban J connectivity index is 1.71. The van der Waals surface area contributed by atoms with Crippen molar-refractivity contribution in [1.29, 1.82) is 0 Å². The molecule has 20 heavy (non-hydrogen) atoms. The van der Waals surface area contributed by atoms with Gasteiger partial charge in [0.25, 0.3) is 0 Å². The quantitative estimate of drug-likeness (QED) is 0.821. The predicted molar refractivity (Wildman–Crippen MR) is 84.7 cm³/mol. The van der Waals surface area contributed by atoms with Gasteiger partial charge in [0.2, 0.25) is 0 Å². The number of halogens is 2. The van der Waals surface area contributed by atoms with Crippen LogP contribution >= 0.6 is 15.9 Å². The zero-order chi connectivity index (χ0) is 13.9. The maximum absolute atomic E-state index is 13.2. The minimum absolute atomic E-state index is 0.224. The fourth-order valence-electron chi connectivity index (χ4n) is 2.91. The topological polar surface area (TPSA) is 12.0 Å². The molecule has 1 aliphatic rings. The second kappa shape index (κ2) is 5.96. The van der Waals surface area contributed by atoms with Crippen LogP contribution in [-0.2, 0) is 6.42 Å². The van der Waals surface area contributed by atoms with E-state index in [1.54, 1.807) is 12.1 Å². The summed E-state index contributed by atoms with van der Waals surface area (Å²) in [5.41, 5.74) is 3.90. The van der Waals surface area contributed by atoms with Crippen LogP contribution in [0.1, 0.15) is 29.9 Å². The standard InChI is InChI=1S/C17H17BrFN/c18-16-10-14(8-9-17(16)19)20-11-13-6-3-5-12-4-1-2-7-15(12)13/h1-2,4,7-10,13,20H,3,5-6,11H2. The summed E-state index contributed by atoms with van der Waals surface area (Å²) in [6, 6.07) is 13.8. The largest absolute Gasteiger partial charge is 0.384 e. The molecule has 104 valence electrons. The molecule has 1 unspecified atom stereocenters. The van der Waals surface area contributed by atoms with Gasteiger partial charge >= 0.3 is 0 Å². The van der Waals surface area contributed by atoms with Crippen molar-refractivity contribution >= 4 is 21.6 Å². The van der Waals surface area contributed by atoms with Crippen LogP contribution in [0.2, 0.25) is 0 Å². The molecular weight excluding hydrogens is 317 g/mol. The summed E-state index contributed by atoms with van der Waals surface area (Å²) in [5, 5.41) is 3.43. The van der Waals surface area contributed by atoms with Gasteiger partial charge in [-0.2, -0.15) is 0 Å². The van der Waals surface area contributed by atoms with E-state index in [9.17, 15) is 4.39 Å². The highest BCUT2D eigenvalue weighted by atomic mass is 79.9. The van der Waals surface area contributed by atoms with Crippen LogP contribution in [0.15, 0.2) is 46.9 Å². The molecule has 0 saturated carbocycles. The number of anilines is 1. The first-order valence-corrected chi connectivity index (χ1v) is 7.80. The summed E-state index contributed by atoms with van der Waals surface area (Å²) in [5.74, 6) is 0.322. The fourth-order valence-corrected chi connectivity index (χ4v) is 3.29. The Hall–Kier alpha value is -1.35. The number of benzene rings is 2. The van der Waals surface area contributed by atoms with E-state index < -0.39 is 0 Å². The van der Waals surface area contributed by atoms with Crippen molar-refractivity contribution in [2.24, 2.45) is 0 Å². The molecule has 0 heterocycles. The maximum Gasteiger partial charge on any atom is 0.137 e. The van der Waals surface area contributed by atoms with E-state index >= 15 is 0 Å². The molecule has 0 bridgehead atoms. The molecule has 1 atom stereocenters. The van der Waals surface area contributed by atoms with Crippen LogP contribution in [0.5, 0.6) is 0 Å². The molecule has 0 radical (unpaired) electrons. The molecule has 0 aliphatic heterocycles. The van der Waals surface area contributed by atoms with Crippen LogP contribution in [0.4, 0.5) is 10.1 Å². The van der Waals surface area contributed by atoms with E-state index in [-0.39, 0.29) is 5.82 Å². The van der Waals surface area contributed by atoms with Crippen molar-refractivity contribution in [1.82, 2.24) is 0 Å². The van der Waals surface area contributed by atoms with Gasteiger partial charge in [-0.25, -0.2) is 4.39 Å². The second-order valence-corrected chi connectivity index (χ2v) is 6.15. The lowest BCUT2D eigenvalue weighted by molar-refractivity contribution is 0.571. The molecule has 2 aromatic rings. The summed E-state index contributed by atoms with van der Waals surface area (Å²) < 4.78 is 13.7.